The quantitative estimate of drug-likeness (QED) is 0.483. The highest BCUT2D eigenvalue weighted by Crippen LogP contribution is 2.28. The first-order valence-electron chi connectivity index (χ1n) is 9.96. The fourth-order valence-corrected chi connectivity index (χ4v) is 3.02. The van der Waals surface area contributed by atoms with E-state index >= 15 is 0 Å². The van der Waals surface area contributed by atoms with Crippen molar-refractivity contribution in [2.24, 2.45) is 0 Å². The van der Waals surface area contributed by atoms with E-state index in [1.54, 1.807) is 17.1 Å². The molecule has 0 atom stereocenters. The van der Waals surface area contributed by atoms with Crippen LogP contribution in [0.25, 0.3) is 0 Å². The number of nitrogens with one attached hydrogen (secondary N) is 1. The minimum absolute atomic E-state index is 0.0439. The van der Waals surface area contributed by atoms with Crippen LogP contribution in [0.3, 0.4) is 0 Å². The Bertz CT molecular complexity index is 1040. The van der Waals surface area contributed by atoms with Crippen LogP contribution >= 0.6 is 0 Å². The van der Waals surface area contributed by atoms with Crippen molar-refractivity contribution < 1.29 is 24.2 Å². The van der Waals surface area contributed by atoms with Gasteiger partial charge in [-0.25, -0.2) is 4.79 Å². The Kier molecular flexibility index (Phi) is 7.26. The molecule has 0 radical (unpaired) electrons. The van der Waals surface area contributed by atoms with E-state index in [9.17, 15) is 9.59 Å². The van der Waals surface area contributed by atoms with Gasteiger partial charge in [0.05, 0.1) is 38.2 Å². The molecule has 2 aromatic heterocycles. The number of benzene rings is 1. The van der Waals surface area contributed by atoms with Gasteiger partial charge in [-0.3, -0.25) is 14.2 Å². The molecular weight excluding hydrogens is 402 g/mol. The molecule has 0 fully saturated rings. The molecule has 2 heterocycles. The van der Waals surface area contributed by atoms with Gasteiger partial charge in [0, 0.05) is 18.8 Å². The second kappa shape index (κ2) is 10.3. The summed E-state index contributed by atoms with van der Waals surface area (Å²) in [5.41, 5.74) is 1.58. The molecule has 0 aliphatic carbocycles. The number of carbonyl (C=O) groups excluding carboxylic acids is 1. The highest BCUT2D eigenvalue weighted by atomic mass is 16.5. The molecule has 2 N–H and O–H groups in total. The van der Waals surface area contributed by atoms with E-state index in [0.717, 1.165) is 5.56 Å². The molecular formula is C21H25N5O5. The summed E-state index contributed by atoms with van der Waals surface area (Å²) >= 11 is 0. The van der Waals surface area contributed by atoms with Crippen LogP contribution in [-0.4, -0.2) is 49.8 Å². The fraction of sp³-hybridized carbons (Fsp3) is 0.333. The largest absolute Gasteiger partial charge is 0.490 e. The predicted molar refractivity (Wildman–Crippen MR) is 113 cm³/mol. The van der Waals surface area contributed by atoms with Crippen molar-refractivity contribution >= 4 is 17.6 Å². The minimum atomic E-state index is -1.08. The molecule has 1 amide bonds. The number of carbonyl (C=O) groups is 2. The number of ether oxygens (including phenoxy) is 2. The predicted octanol–water partition coefficient (Wildman–Crippen LogP) is 2.65. The van der Waals surface area contributed by atoms with Crippen LogP contribution in [0.5, 0.6) is 11.5 Å². The summed E-state index contributed by atoms with van der Waals surface area (Å²) in [5.74, 6) is 0.0405. The molecule has 3 rings (SSSR count). The highest BCUT2D eigenvalue weighted by Gasteiger charge is 2.12. The first-order valence-corrected chi connectivity index (χ1v) is 9.96. The highest BCUT2D eigenvalue weighted by molar-refractivity contribution is 5.90. The lowest BCUT2D eigenvalue weighted by atomic mass is 10.2. The molecule has 10 nitrogen and oxygen atoms in total. The Labute approximate surface area is 179 Å². The van der Waals surface area contributed by atoms with Crippen LogP contribution < -0.4 is 14.8 Å². The van der Waals surface area contributed by atoms with Gasteiger partial charge in [-0.05, 0) is 37.6 Å². The number of carboxylic acids is 1. The lowest BCUT2D eigenvalue weighted by Gasteiger charge is -2.12. The van der Waals surface area contributed by atoms with E-state index < -0.39 is 5.97 Å². The zero-order valence-electron chi connectivity index (χ0n) is 17.4. The van der Waals surface area contributed by atoms with Gasteiger partial charge in [0.2, 0.25) is 5.91 Å². The van der Waals surface area contributed by atoms with Gasteiger partial charge >= 0.3 is 5.97 Å². The maximum absolute atomic E-state index is 12.2. The lowest BCUT2D eigenvalue weighted by molar-refractivity contribution is -0.116. The third-order valence-electron chi connectivity index (χ3n) is 4.36. The van der Waals surface area contributed by atoms with Crippen molar-refractivity contribution in [3.63, 3.8) is 0 Å². The summed E-state index contributed by atoms with van der Waals surface area (Å²) in [4.78, 5) is 23.3. The number of aryl methyl sites for hydroxylation is 1. The second-order valence-electron chi connectivity index (χ2n) is 6.62. The van der Waals surface area contributed by atoms with E-state index in [1.807, 2.05) is 32.0 Å². The van der Waals surface area contributed by atoms with E-state index in [-0.39, 0.29) is 24.6 Å². The van der Waals surface area contributed by atoms with E-state index in [4.69, 9.17) is 14.6 Å². The maximum Gasteiger partial charge on any atom is 0.354 e. The van der Waals surface area contributed by atoms with Gasteiger partial charge in [0.25, 0.3) is 0 Å². The zero-order chi connectivity index (χ0) is 22.2. The standard InChI is InChI=1S/C21H25N5O5/c1-3-30-18-6-5-15(11-19(18)31-4-2)13-25-14-16(12-23-25)24-20(27)8-10-26-17(21(28)29)7-9-22-26/h5-7,9,11-12,14H,3-4,8,10,13H2,1-2H3,(H,24,27)(H,28,29). The molecule has 3 aromatic rings. The van der Waals surface area contributed by atoms with Crippen LogP contribution in [0.4, 0.5) is 5.69 Å². The summed E-state index contributed by atoms with van der Waals surface area (Å²) in [6.45, 7) is 5.59. The SMILES string of the molecule is CCOc1ccc(Cn2cc(NC(=O)CCn3nccc3C(=O)O)cn2)cc1OCC. The smallest absolute Gasteiger partial charge is 0.354 e. The third kappa shape index (κ3) is 5.84. The van der Waals surface area contributed by atoms with E-state index in [0.29, 0.717) is 36.9 Å². The first-order chi connectivity index (χ1) is 15.0. The van der Waals surface area contributed by atoms with Gasteiger partial charge < -0.3 is 19.9 Å². The summed E-state index contributed by atoms with van der Waals surface area (Å²) in [5, 5.41) is 20.0. The van der Waals surface area contributed by atoms with Crippen molar-refractivity contribution in [2.45, 2.75) is 33.4 Å². The molecule has 0 saturated heterocycles. The Hall–Kier alpha value is -3.82. The van der Waals surface area contributed by atoms with Crippen molar-refractivity contribution in [3.8, 4) is 11.5 Å². The first kappa shape index (κ1) is 21.9. The van der Waals surface area contributed by atoms with Gasteiger partial charge in [-0.2, -0.15) is 10.2 Å². The van der Waals surface area contributed by atoms with Crippen LogP contribution in [0, 0.1) is 0 Å². The van der Waals surface area contributed by atoms with E-state index in [1.165, 1.54) is 16.9 Å². The minimum Gasteiger partial charge on any atom is -0.490 e. The van der Waals surface area contributed by atoms with Gasteiger partial charge in [0.1, 0.15) is 5.69 Å². The van der Waals surface area contributed by atoms with Crippen LogP contribution in [-0.2, 0) is 17.9 Å². The summed E-state index contributed by atoms with van der Waals surface area (Å²) < 4.78 is 14.2. The molecule has 0 aliphatic heterocycles. The molecule has 0 bridgehead atoms. The fourth-order valence-electron chi connectivity index (χ4n) is 3.02. The summed E-state index contributed by atoms with van der Waals surface area (Å²) in [6, 6.07) is 7.12. The van der Waals surface area contributed by atoms with Crippen molar-refractivity contribution in [1.29, 1.82) is 0 Å². The molecule has 1 aromatic carbocycles. The number of nitrogens with zero attached hydrogens (tertiary/aromatic N) is 4. The number of aromatic carboxylic acids is 1. The van der Waals surface area contributed by atoms with Gasteiger partial charge in [-0.15, -0.1) is 0 Å². The number of carboxylic acid groups (broad SMARTS) is 1. The van der Waals surface area contributed by atoms with Gasteiger partial charge in [0.15, 0.2) is 11.5 Å². The average Bonchev–Trinajstić information content (AvgIpc) is 3.38. The summed E-state index contributed by atoms with van der Waals surface area (Å²) in [7, 11) is 0. The van der Waals surface area contributed by atoms with Crippen molar-refractivity contribution in [1.82, 2.24) is 19.6 Å². The number of hydrogen-bond donors (Lipinski definition) is 2. The van der Waals surface area contributed by atoms with Gasteiger partial charge in [-0.1, -0.05) is 6.07 Å². The van der Waals surface area contributed by atoms with Crippen LogP contribution in [0.2, 0.25) is 0 Å². The Balaban J connectivity index is 1.57. The number of aromatic nitrogens is 4. The van der Waals surface area contributed by atoms with Crippen molar-refractivity contribution in [3.05, 3.63) is 54.1 Å². The number of anilines is 1. The van der Waals surface area contributed by atoms with Crippen LogP contribution in [0.1, 0.15) is 36.3 Å². The average molecular weight is 427 g/mol. The molecule has 10 heteroatoms. The molecule has 31 heavy (non-hydrogen) atoms. The topological polar surface area (TPSA) is 121 Å². The number of amides is 1. The zero-order valence-corrected chi connectivity index (χ0v) is 17.4. The monoisotopic (exact) mass is 427 g/mol. The lowest BCUT2D eigenvalue weighted by Crippen LogP contribution is -2.17. The van der Waals surface area contributed by atoms with Crippen LogP contribution in [0.15, 0.2) is 42.9 Å². The number of hydrogen-bond acceptors (Lipinski definition) is 6. The summed E-state index contributed by atoms with van der Waals surface area (Å²) in [6.07, 6.45) is 4.77. The Morgan fingerprint density at radius 2 is 1.87 bits per heavy atom. The molecule has 0 spiro atoms. The second-order valence-corrected chi connectivity index (χ2v) is 6.62. The Morgan fingerprint density at radius 3 is 2.61 bits per heavy atom. The Morgan fingerprint density at radius 1 is 1.10 bits per heavy atom. The number of rotatable bonds is 11. The maximum atomic E-state index is 12.2. The molecule has 0 saturated carbocycles. The molecule has 0 unspecified atom stereocenters. The molecule has 0 aliphatic rings. The molecule has 164 valence electrons. The van der Waals surface area contributed by atoms with Crippen molar-refractivity contribution in [2.75, 3.05) is 18.5 Å². The normalized spacial score (nSPS) is 10.6. The van der Waals surface area contributed by atoms with E-state index in [2.05, 4.69) is 15.5 Å². The third-order valence-corrected chi connectivity index (χ3v) is 4.36.